The van der Waals surface area contributed by atoms with Gasteiger partial charge in [0.2, 0.25) is 0 Å². The first-order valence-corrected chi connectivity index (χ1v) is 6.29. The highest BCUT2D eigenvalue weighted by Gasteiger charge is 2.26. The number of hydrogen-bond donors (Lipinski definition) is 3. The molecule has 0 spiro atoms. The fraction of sp³-hybridized carbons (Fsp3) is 1.00. The van der Waals surface area contributed by atoms with Crippen LogP contribution in [0.5, 0.6) is 0 Å². The molecule has 0 amide bonds. The minimum absolute atomic E-state index is 0.182. The van der Waals surface area contributed by atoms with Crippen molar-refractivity contribution in [3.8, 4) is 0 Å². The highest BCUT2D eigenvalue weighted by atomic mass is 16.6. The molecule has 96 valence electrons. The number of aliphatic hydroxyl groups is 3. The highest BCUT2D eigenvalue weighted by Crippen LogP contribution is 2.30. The van der Waals surface area contributed by atoms with Crippen LogP contribution in [0.25, 0.3) is 0 Å². The number of rotatable bonds is 7. The zero-order valence-electron chi connectivity index (χ0n) is 9.85. The molecule has 16 heavy (non-hydrogen) atoms. The van der Waals surface area contributed by atoms with Crippen LogP contribution in [0.1, 0.15) is 38.5 Å². The lowest BCUT2D eigenvalue weighted by atomic mass is 9.82. The summed E-state index contributed by atoms with van der Waals surface area (Å²) in [6.45, 7) is 0.961. The summed E-state index contributed by atoms with van der Waals surface area (Å²) in [6.07, 6.45) is 4.69. The maximum atomic E-state index is 9.79. The van der Waals surface area contributed by atoms with Gasteiger partial charge in [-0.05, 0) is 44.4 Å². The number of ether oxygens (including phenoxy) is 1. The molecule has 1 aliphatic rings. The fourth-order valence-electron chi connectivity index (χ4n) is 2.21. The number of hydrogen-bond acceptors (Lipinski definition) is 4. The summed E-state index contributed by atoms with van der Waals surface area (Å²) in [7, 11) is 0. The topological polar surface area (TPSA) is 69.9 Å². The van der Waals surface area contributed by atoms with Crippen LogP contribution in [0.4, 0.5) is 0 Å². The maximum Gasteiger partial charge on any atom is 0.157 e. The molecule has 0 aromatic rings. The van der Waals surface area contributed by atoms with Crippen molar-refractivity contribution in [1.29, 1.82) is 0 Å². The predicted molar refractivity (Wildman–Crippen MR) is 60.8 cm³/mol. The van der Waals surface area contributed by atoms with Crippen molar-refractivity contribution in [1.82, 2.24) is 0 Å². The first-order valence-electron chi connectivity index (χ1n) is 6.29. The highest BCUT2D eigenvalue weighted by molar-refractivity contribution is 4.73. The Balaban J connectivity index is 2.10. The molecule has 1 saturated carbocycles. The Morgan fingerprint density at radius 1 is 1.06 bits per heavy atom. The summed E-state index contributed by atoms with van der Waals surface area (Å²) >= 11 is 0. The molecule has 0 aliphatic heterocycles. The summed E-state index contributed by atoms with van der Waals surface area (Å²) < 4.78 is 5.33. The second-order valence-electron chi connectivity index (χ2n) is 4.66. The lowest BCUT2D eigenvalue weighted by Crippen LogP contribution is -2.29. The van der Waals surface area contributed by atoms with Gasteiger partial charge in [0.1, 0.15) is 0 Å². The van der Waals surface area contributed by atoms with Crippen LogP contribution in [0.2, 0.25) is 0 Å². The van der Waals surface area contributed by atoms with Gasteiger partial charge in [-0.15, -0.1) is 0 Å². The molecule has 0 heterocycles. The van der Waals surface area contributed by atoms with Crippen LogP contribution < -0.4 is 0 Å². The molecule has 1 fully saturated rings. The Labute approximate surface area is 97.2 Å². The largest absolute Gasteiger partial charge is 0.396 e. The SMILES string of the molecule is OCCCCOC(O)C1CCC(CO)CC1. The third kappa shape index (κ3) is 4.78. The second-order valence-corrected chi connectivity index (χ2v) is 4.66. The summed E-state index contributed by atoms with van der Waals surface area (Å²) in [6, 6.07) is 0. The molecule has 1 aliphatic carbocycles. The van der Waals surface area contributed by atoms with Crippen LogP contribution in [-0.2, 0) is 4.74 Å². The first-order chi connectivity index (χ1) is 7.77. The average Bonchev–Trinajstić information content (AvgIpc) is 2.34. The molecule has 3 N–H and O–H groups in total. The summed E-state index contributed by atoms with van der Waals surface area (Å²) in [5.74, 6) is 0.634. The molecule has 4 heteroatoms. The summed E-state index contributed by atoms with van der Waals surface area (Å²) in [4.78, 5) is 0. The van der Waals surface area contributed by atoms with Crippen molar-refractivity contribution in [3.05, 3.63) is 0 Å². The molecule has 0 aromatic heterocycles. The third-order valence-corrected chi connectivity index (χ3v) is 3.39. The molecule has 4 nitrogen and oxygen atoms in total. The zero-order chi connectivity index (χ0) is 11.8. The van der Waals surface area contributed by atoms with Crippen LogP contribution >= 0.6 is 0 Å². The fourth-order valence-corrected chi connectivity index (χ4v) is 2.21. The van der Waals surface area contributed by atoms with Gasteiger partial charge in [-0.3, -0.25) is 0 Å². The van der Waals surface area contributed by atoms with E-state index in [1.165, 1.54) is 0 Å². The van der Waals surface area contributed by atoms with Gasteiger partial charge >= 0.3 is 0 Å². The lowest BCUT2D eigenvalue weighted by Gasteiger charge is -2.30. The summed E-state index contributed by atoms with van der Waals surface area (Å²) in [5.41, 5.74) is 0. The Morgan fingerprint density at radius 2 is 1.75 bits per heavy atom. The minimum Gasteiger partial charge on any atom is -0.396 e. The van der Waals surface area contributed by atoms with Crippen LogP contribution in [0, 0.1) is 11.8 Å². The van der Waals surface area contributed by atoms with Crippen molar-refractivity contribution in [2.24, 2.45) is 11.8 Å². The van der Waals surface area contributed by atoms with Gasteiger partial charge in [0.15, 0.2) is 6.29 Å². The smallest absolute Gasteiger partial charge is 0.157 e. The second kappa shape index (κ2) is 8.01. The van der Waals surface area contributed by atoms with E-state index in [1.807, 2.05) is 0 Å². The van der Waals surface area contributed by atoms with E-state index in [1.54, 1.807) is 0 Å². The van der Waals surface area contributed by atoms with E-state index in [2.05, 4.69) is 0 Å². The number of aliphatic hydroxyl groups excluding tert-OH is 3. The van der Waals surface area contributed by atoms with Gasteiger partial charge in [-0.1, -0.05) is 0 Å². The van der Waals surface area contributed by atoms with Crippen LogP contribution in [0.3, 0.4) is 0 Å². The van der Waals surface area contributed by atoms with Crippen molar-refractivity contribution in [2.45, 2.75) is 44.8 Å². The van der Waals surface area contributed by atoms with Crippen LogP contribution in [0.15, 0.2) is 0 Å². The van der Waals surface area contributed by atoms with E-state index in [0.29, 0.717) is 12.5 Å². The van der Waals surface area contributed by atoms with Gasteiger partial charge in [0.25, 0.3) is 0 Å². The average molecular weight is 232 g/mol. The molecule has 0 bridgehead atoms. The van der Waals surface area contributed by atoms with Crippen molar-refractivity contribution in [2.75, 3.05) is 19.8 Å². The van der Waals surface area contributed by atoms with Gasteiger partial charge < -0.3 is 20.1 Å². The Bertz CT molecular complexity index is 166. The normalized spacial score (nSPS) is 27.9. The van der Waals surface area contributed by atoms with Crippen molar-refractivity contribution < 1.29 is 20.1 Å². The molecule has 1 atom stereocenters. The van der Waals surface area contributed by atoms with E-state index in [4.69, 9.17) is 14.9 Å². The van der Waals surface area contributed by atoms with Gasteiger partial charge in [0.05, 0.1) is 0 Å². The monoisotopic (exact) mass is 232 g/mol. The Morgan fingerprint density at radius 3 is 2.31 bits per heavy atom. The molecular formula is C12H24O4. The van der Waals surface area contributed by atoms with Crippen LogP contribution in [-0.4, -0.2) is 41.4 Å². The predicted octanol–water partition coefficient (Wildman–Crippen LogP) is 0.893. The Kier molecular flexibility index (Phi) is 6.96. The van der Waals surface area contributed by atoms with E-state index in [9.17, 15) is 5.11 Å². The molecule has 0 aromatic carbocycles. The molecule has 1 rings (SSSR count). The number of unbranched alkanes of at least 4 members (excludes halogenated alkanes) is 1. The zero-order valence-corrected chi connectivity index (χ0v) is 9.85. The van der Waals surface area contributed by atoms with E-state index >= 15 is 0 Å². The van der Waals surface area contributed by atoms with Gasteiger partial charge in [0, 0.05) is 25.7 Å². The van der Waals surface area contributed by atoms with Gasteiger partial charge in [-0.25, -0.2) is 0 Å². The van der Waals surface area contributed by atoms with E-state index in [0.717, 1.165) is 38.5 Å². The standard InChI is InChI=1S/C12H24O4/c13-7-1-2-8-16-12(15)11-5-3-10(9-14)4-6-11/h10-15H,1-9H2. The third-order valence-electron chi connectivity index (χ3n) is 3.39. The molecule has 0 saturated heterocycles. The molecule has 1 unspecified atom stereocenters. The van der Waals surface area contributed by atoms with Crippen molar-refractivity contribution >= 4 is 0 Å². The Hall–Kier alpha value is -0.160. The van der Waals surface area contributed by atoms with E-state index in [-0.39, 0.29) is 19.1 Å². The molecular weight excluding hydrogens is 208 g/mol. The summed E-state index contributed by atoms with van der Waals surface area (Å²) in [5, 5.41) is 27.4. The molecule has 0 radical (unpaired) electrons. The minimum atomic E-state index is -0.668. The quantitative estimate of drug-likeness (QED) is 0.450. The van der Waals surface area contributed by atoms with E-state index < -0.39 is 6.29 Å². The lowest BCUT2D eigenvalue weighted by molar-refractivity contribution is -0.144. The maximum absolute atomic E-state index is 9.79. The van der Waals surface area contributed by atoms with Gasteiger partial charge in [-0.2, -0.15) is 0 Å². The van der Waals surface area contributed by atoms with Crippen molar-refractivity contribution in [3.63, 3.8) is 0 Å². The first kappa shape index (κ1) is 13.9.